The van der Waals surface area contributed by atoms with Gasteiger partial charge in [-0.05, 0) is 42.2 Å². The van der Waals surface area contributed by atoms with Crippen LogP contribution in [-0.4, -0.2) is 39.4 Å². The first kappa shape index (κ1) is 17.5. The number of hydrogen-bond acceptors (Lipinski definition) is 3. The summed E-state index contributed by atoms with van der Waals surface area (Å²) in [6, 6.07) is 12.2. The highest BCUT2D eigenvalue weighted by atomic mass is 16.5. The third-order valence-electron chi connectivity index (χ3n) is 4.77. The Morgan fingerprint density at radius 1 is 1.12 bits per heavy atom. The quantitative estimate of drug-likeness (QED) is 0.848. The van der Waals surface area contributed by atoms with E-state index in [9.17, 15) is 4.79 Å². The Morgan fingerprint density at radius 3 is 2.64 bits per heavy atom. The minimum Gasteiger partial charge on any atom is -0.496 e. The van der Waals surface area contributed by atoms with E-state index in [4.69, 9.17) is 9.47 Å². The Morgan fingerprint density at radius 2 is 1.88 bits per heavy atom. The number of carbonyl (C=O) groups is 1. The fourth-order valence-electron chi connectivity index (χ4n) is 3.29. The van der Waals surface area contributed by atoms with Crippen molar-refractivity contribution in [2.24, 2.45) is 5.92 Å². The number of rotatable bonds is 6. The van der Waals surface area contributed by atoms with Crippen LogP contribution in [0.5, 0.6) is 5.75 Å². The molecule has 0 atom stereocenters. The van der Waals surface area contributed by atoms with Crippen molar-refractivity contribution in [3.8, 4) is 5.75 Å². The van der Waals surface area contributed by atoms with Gasteiger partial charge in [-0.1, -0.05) is 30.3 Å². The molecular formula is C20H26N2O3. The standard InChI is InChI=1S/C20H26N2O3/c1-24-19-7-6-16(17-4-2-3-5-18(17)19)8-11-21-20(23)22-14-15-9-12-25-13-10-15/h2-7,15H,8-14H2,1H3,(H2,21,22,23). The van der Waals surface area contributed by atoms with Crippen LogP contribution in [-0.2, 0) is 11.2 Å². The average molecular weight is 342 g/mol. The maximum absolute atomic E-state index is 12.0. The van der Waals surface area contributed by atoms with Crippen LogP contribution in [0.25, 0.3) is 10.8 Å². The smallest absolute Gasteiger partial charge is 0.314 e. The van der Waals surface area contributed by atoms with Crippen LogP contribution in [0.2, 0.25) is 0 Å². The Bertz CT molecular complexity index is 711. The number of fused-ring (bicyclic) bond motifs is 1. The molecule has 1 fully saturated rings. The van der Waals surface area contributed by atoms with Crippen LogP contribution in [0.15, 0.2) is 36.4 Å². The molecule has 0 radical (unpaired) electrons. The normalized spacial score (nSPS) is 15.1. The summed E-state index contributed by atoms with van der Waals surface area (Å²) in [4.78, 5) is 12.0. The second kappa shape index (κ2) is 8.72. The van der Waals surface area contributed by atoms with Gasteiger partial charge in [0.2, 0.25) is 0 Å². The van der Waals surface area contributed by atoms with Gasteiger partial charge >= 0.3 is 6.03 Å². The first-order chi connectivity index (χ1) is 12.3. The summed E-state index contributed by atoms with van der Waals surface area (Å²) in [6.45, 7) is 2.94. The molecule has 0 saturated carbocycles. The lowest BCUT2D eigenvalue weighted by Gasteiger charge is -2.22. The first-order valence-electron chi connectivity index (χ1n) is 8.92. The largest absolute Gasteiger partial charge is 0.496 e. The highest BCUT2D eigenvalue weighted by Gasteiger charge is 2.14. The van der Waals surface area contributed by atoms with Crippen LogP contribution in [0, 0.1) is 5.92 Å². The monoisotopic (exact) mass is 342 g/mol. The van der Waals surface area contributed by atoms with Crippen LogP contribution >= 0.6 is 0 Å². The van der Waals surface area contributed by atoms with Gasteiger partial charge in [-0.3, -0.25) is 0 Å². The number of ether oxygens (including phenoxy) is 2. The van der Waals surface area contributed by atoms with Gasteiger partial charge in [0.15, 0.2) is 0 Å². The predicted molar refractivity (Wildman–Crippen MR) is 99.1 cm³/mol. The molecule has 3 rings (SSSR count). The van der Waals surface area contributed by atoms with Crippen LogP contribution < -0.4 is 15.4 Å². The van der Waals surface area contributed by atoms with E-state index in [1.54, 1.807) is 7.11 Å². The van der Waals surface area contributed by atoms with E-state index in [1.165, 1.54) is 10.9 Å². The molecule has 2 aromatic rings. The minimum absolute atomic E-state index is 0.0932. The van der Waals surface area contributed by atoms with E-state index in [-0.39, 0.29) is 6.03 Å². The molecule has 1 heterocycles. The van der Waals surface area contributed by atoms with E-state index >= 15 is 0 Å². The highest BCUT2D eigenvalue weighted by molar-refractivity contribution is 5.91. The summed E-state index contributed by atoms with van der Waals surface area (Å²) in [5.41, 5.74) is 1.21. The molecule has 1 aliphatic heterocycles. The molecule has 0 aromatic heterocycles. The lowest BCUT2D eigenvalue weighted by atomic mass is 10.0. The van der Waals surface area contributed by atoms with E-state index in [0.717, 1.165) is 50.2 Å². The molecule has 134 valence electrons. The van der Waals surface area contributed by atoms with E-state index in [0.29, 0.717) is 12.5 Å². The van der Waals surface area contributed by atoms with Gasteiger partial charge in [0.05, 0.1) is 7.11 Å². The van der Waals surface area contributed by atoms with E-state index in [1.807, 2.05) is 18.2 Å². The lowest BCUT2D eigenvalue weighted by Crippen LogP contribution is -2.40. The molecule has 0 bridgehead atoms. The molecular weight excluding hydrogens is 316 g/mol. The Balaban J connectivity index is 1.50. The molecule has 2 aromatic carbocycles. The molecule has 0 aliphatic carbocycles. The predicted octanol–water partition coefficient (Wildman–Crippen LogP) is 3.12. The van der Waals surface area contributed by atoms with Crippen LogP contribution in [0.1, 0.15) is 18.4 Å². The minimum atomic E-state index is -0.0932. The van der Waals surface area contributed by atoms with Gasteiger partial charge in [0, 0.05) is 31.7 Å². The number of amides is 2. The van der Waals surface area contributed by atoms with Gasteiger partial charge < -0.3 is 20.1 Å². The molecule has 0 spiro atoms. The van der Waals surface area contributed by atoms with Gasteiger partial charge in [-0.2, -0.15) is 0 Å². The maximum Gasteiger partial charge on any atom is 0.314 e. The molecule has 1 aliphatic rings. The molecule has 5 nitrogen and oxygen atoms in total. The summed E-state index contributed by atoms with van der Waals surface area (Å²) in [6.07, 6.45) is 2.84. The molecule has 2 N–H and O–H groups in total. The summed E-state index contributed by atoms with van der Waals surface area (Å²) in [5.74, 6) is 1.41. The van der Waals surface area contributed by atoms with Crippen molar-refractivity contribution in [2.75, 3.05) is 33.4 Å². The van der Waals surface area contributed by atoms with Gasteiger partial charge in [0.1, 0.15) is 5.75 Å². The second-order valence-electron chi connectivity index (χ2n) is 6.42. The number of carbonyl (C=O) groups excluding carboxylic acids is 1. The maximum atomic E-state index is 12.0. The van der Waals surface area contributed by atoms with Crippen LogP contribution in [0.3, 0.4) is 0 Å². The van der Waals surface area contributed by atoms with Crippen molar-refractivity contribution in [1.29, 1.82) is 0 Å². The fourth-order valence-corrected chi connectivity index (χ4v) is 3.29. The lowest BCUT2D eigenvalue weighted by molar-refractivity contribution is 0.0669. The third-order valence-corrected chi connectivity index (χ3v) is 4.77. The van der Waals surface area contributed by atoms with Crippen molar-refractivity contribution in [3.05, 3.63) is 42.0 Å². The number of methoxy groups -OCH3 is 1. The summed E-state index contributed by atoms with van der Waals surface area (Å²) in [7, 11) is 1.69. The van der Waals surface area contributed by atoms with Crippen molar-refractivity contribution in [1.82, 2.24) is 10.6 Å². The van der Waals surface area contributed by atoms with Gasteiger partial charge in [-0.25, -0.2) is 4.79 Å². The summed E-state index contributed by atoms with van der Waals surface area (Å²) >= 11 is 0. The zero-order chi connectivity index (χ0) is 17.5. The topological polar surface area (TPSA) is 59.6 Å². The molecule has 1 saturated heterocycles. The van der Waals surface area contributed by atoms with Gasteiger partial charge in [0.25, 0.3) is 0 Å². The number of hydrogen-bond donors (Lipinski definition) is 2. The summed E-state index contributed by atoms with van der Waals surface area (Å²) in [5, 5.41) is 8.20. The SMILES string of the molecule is COc1ccc(CCNC(=O)NCC2CCOCC2)c2ccccc12. The number of urea groups is 1. The first-order valence-corrected chi connectivity index (χ1v) is 8.92. The highest BCUT2D eigenvalue weighted by Crippen LogP contribution is 2.28. The van der Waals surface area contributed by atoms with Gasteiger partial charge in [-0.15, -0.1) is 0 Å². The Hall–Kier alpha value is -2.27. The Kier molecular flexibility index (Phi) is 6.12. The van der Waals surface area contributed by atoms with Crippen LogP contribution in [0.4, 0.5) is 4.79 Å². The zero-order valence-corrected chi connectivity index (χ0v) is 14.7. The van der Waals surface area contributed by atoms with Crippen molar-refractivity contribution in [2.45, 2.75) is 19.3 Å². The summed E-state index contributed by atoms with van der Waals surface area (Å²) < 4.78 is 10.8. The molecule has 25 heavy (non-hydrogen) atoms. The molecule has 2 amide bonds. The van der Waals surface area contributed by atoms with Crippen molar-refractivity contribution >= 4 is 16.8 Å². The second-order valence-corrected chi connectivity index (χ2v) is 6.42. The molecule has 0 unspecified atom stereocenters. The molecule has 5 heteroatoms. The van der Waals surface area contributed by atoms with Crippen molar-refractivity contribution in [3.63, 3.8) is 0 Å². The number of benzene rings is 2. The van der Waals surface area contributed by atoms with E-state index < -0.39 is 0 Å². The zero-order valence-electron chi connectivity index (χ0n) is 14.7. The Labute approximate surface area is 148 Å². The van der Waals surface area contributed by atoms with E-state index in [2.05, 4.69) is 28.8 Å². The van der Waals surface area contributed by atoms with Crippen molar-refractivity contribution < 1.29 is 14.3 Å². The third kappa shape index (κ3) is 4.63. The average Bonchev–Trinajstić information content (AvgIpc) is 2.67. The fraction of sp³-hybridized carbons (Fsp3) is 0.450. The number of nitrogens with one attached hydrogen (secondary N) is 2.